The van der Waals surface area contributed by atoms with Crippen LogP contribution in [0.1, 0.15) is 27.7 Å². The van der Waals surface area contributed by atoms with Gasteiger partial charge in [0, 0.05) is 6.92 Å². The predicted octanol–water partition coefficient (Wildman–Crippen LogP) is 0.921. The predicted molar refractivity (Wildman–Crippen MR) is 42.2 cm³/mol. The smallest absolute Gasteiger partial charge is 0.435 e. The Bertz CT molecular complexity index is 196. The Morgan fingerprint density at radius 2 is 1.77 bits per heavy atom. The van der Waals surface area contributed by atoms with E-state index in [1.54, 1.807) is 26.3 Å². The molecule has 0 aliphatic rings. The van der Waals surface area contributed by atoms with Crippen LogP contribution >= 0.6 is 0 Å². The summed E-state index contributed by atoms with van der Waals surface area (Å²) in [7, 11) is 0. The van der Waals surface area contributed by atoms with Crippen LogP contribution in [0.15, 0.2) is 0 Å². The van der Waals surface area contributed by atoms with E-state index >= 15 is 0 Å². The number of hydroxylamine groups is 1. The van der Waals surface area contributed by atoms with E-state index < -0.39 is 17.7 Å². The maximum atomic E-state index is 10.8. The van der Waals surface area contributed by atoms with Gasteiger partial charge in [-0.25, -0.2) is 9.59 Å². The molecule has 0 fully saturated rings. The molecule has 0 bridgehead atoms. The maximum absolute atomic E-state index is 10.8. The Morgan fingerprint density at radius 3 is 2.15 bits per heavy atom. The topological polar surface area (TPSA) is 73.9 Å². The van der Waals surface area contributed by atoms with Crippen LogP contribution in [-0.2, 0) is 19.4 Å². The monoisotopic (exact) mass is 191 g/mol. The first-order valence-corrected chi connectivity index (χ1v) is 3.64. The van der Waals surface area contributed by atoms with Gasteiger partial charge in [-0.05, 0) is 20.8 Å². The van der Waals surface area contributed by atoms with E-state index in [1.807, 2.05) is 0 Å². The molecule has 0 aromatic heterocycles. The van der Waals surface area contributed by atoms with Crippen LogP contribution in [0.5, 0.6) is 0 Å². The molecule has 0 saturated carbocycles. The highest BCUT2D eigenvalue weighted by Gasteiger charge is 2.16. The van der Waals surface area contributed by atoms with Gasteiger partial charge < -0.3 is 4.74 Å². The molecule has 0 aromatic rings. The highest BCUT2D eigenvalue weighted by molar-refractivity contribution is 5.67. The van der Waals surface area contributed by atoms with Gasteiger partial charge in [0.2, 0.25) is 0 Å². The van der Waals surface area contributed by atoms with Crippen molar-refractivity contribution in [2.45, 2.75) is 33.3 Å². The summed E-state index contributed by atoms with van der Waals surface area (Å²) in [5, 5.41) is 0. The Kier molecular flexibility index (Phi) is 4.19. The molecule has 6 heteroatoms. The van der Waals surface area contributed by atoms with E-state index in [4.69, 9.17) is 4.74 Å². The molecular weight excluding hydrogens is 178 g/mol. The van der Waals surface area contributed by atoms with Crippen LogP contribution in [0.4, 0.5) is 4.79 Å². The fraction of sp³-hybridized carbons (Fsp3) is 0.714. The minimum absolute atomic E-state index is 0.621. The Balaban J connectivity index is 3.59. The Hall–Kier alpha value is -1.30. The van der Waals surface area contributed by atoms with Crippen molar-refractivity contribution >= 4 is 12.1 Å². The Labute approximate surface area is 76.0 Å². The normalized spacial score (nSPS) is 10.5. The van der Waals surface area contributed by atoms with E-state index in [1.165, 1.54) is 0 Å². The van der Waals surface area contributed by atoms with Crippen LogP contribution in [0.3, 0.4) is 0 Å². The minimum atomic E-state index is -0.825. The standard InChI is InChI=1S/C7H13NO5/c1-5(9)12-13-8-6(10)11-7(2,3)4/h1-4H3,(H,8,10). The summed E-state index contributed by atoms with van der Waals surface area (Å²) < 4.78 is 4.75. The van der Waals surface area contributed by atoms with Gasteiger partial charge in [0.05, 0.1) is 0 Å². The highest BCUT2D eigenvalue weighted by atomic mass is 17.3. The summed E-state index contributed by atoms with van der Waals surface area (Å²) in [4.78, 5) is 29.0. The van der Waals surface area contributed by atoms with Gasteiger partial charge in [0.1, 0.15) is 5.60 Å². The van der Waals surface area contributed by atoms with Crippen molar-refractivity contribution in [1.82, 2.24) is 5.48 Å². The van der Waals surface area contributed by atoms with Crippen molar-refractivity contribution in [3.63, 3.8) is 0 Å². The number of carbonyl (C=O) groups is 2. The fourth-order valence-corrected chi connectivity index (χ4v) is 0.412. The van der Waals surface area contributed by atoms with E-state index in [9.17, 15) is 9.59 Å². The molecule has 0 aliphatic carbocycles. The number of carbonyl (C=O) groups excluding carboxylic acids is 2. The molecule has 0 radical (unpaired) electrons. The molecular formula is C7H13NO5. The molecule has 76 valence electrons. The lowest BCUT2D eigenvalue weighted by molar-refractivity contribution is -0.299. The average Bonchev–Trinajstić information content (AvgIpc) is 1.81. The van der Waals surface area contributed by atoms with Crippen LogP contribution < -0.4 is 5.48 Å². The minimum Gasteiger partial charge on any atom is -0.442 e. The van der Waals surface area contributed by atoms with Gasteiger partial charge in [-0.15, -0.1) is 0 Å². The van der Waals surface area contributed by atoms with Gasteiger partial charge in [0.25, 0.3) is 0 Å². The van der Waals surface area contributed by atoms with Gasteiger partial charge >= 0.3 is 12.1 Å². The summed E-state index contributed by atoms with van der Waals surface area (Å²) in [6.45, 7) is 6.21. The molecule has 0 saturated heterocycles. The van der Waals surface area contributed by atoms with E-state index in [0.29, 0.717) is 0 Å². The number of rotatable bonds is 2. The second-order valence-corrected chi connectivity index (χ2v) is 3.26. The number of nitrogens with one attached hydrogen (secondary N) is 1. The lowest BCUT2D eigenvalue weighted by atomic mass is 10.2. The van der Waals surface area contributed by atoms with Crippen LogP contribution in [0, 0.1) is 0 Å². The molecule has 0 spiro atoms. The van der Waals surface area contributed by atoms with Crippen LogP contribution in [-0.4, -0.2) is 17.7 Å². The van der Waals surface area contributed by atoms with Crippen LogP contribution in [0.2, 0.25) is 0 Å². The van der Waals surface area contributed by atoms with E-state index in [0.717, 1.165) is 6.92 Å². The van der Waals surface area contributed by atoms with Crippen molar-refractivity contribution in [3.8, 4) is 0 Å². The third kappa shape index (κ3) is 8.61. The molecule has 6 nitrogen and oxygen atoms in total. The number of hydrogen-bond donors (Lipinski definition) is 1. The third-order valence-corrected chi connectivity index (χ3v) is 0.683. The van der Waals surface area contributed by atoms with Crippen LogP contribution in [0.25, 0.3) is 0 Å². The number of hydrogen-bond acceptors (Lipinski definition) is 5. The summed E-state index contributed by atoms with van der Waals surface area (Å²) in [6.07, 6.45) is -0.825. The zero-order chi connectivity index (χ0) is 10.5. The quantitative estimate of drug-likeness (QED) is 0.519. The van der Waals surface area contributed by atoms with Crippen molar-refractivity contribution in [2.75, 3.05) is 0 Å². The third-order valence-electron chi connectivity index (χ3n) is 0.683. The molecule has 0 aromatic carbocycles. The van der Waals surface area contributed by atoms with Crippen molar-refractivity contribution in [1.29, 1.82) is 0 Å². The Morgan fingerprint density at radius 1 is 1.23 bits per heavy atom. The molecule has 0 unspecified atom stereocenters. The van der Waals surface area contributed by atoms with Crippen molar-refractivity contribution in [2.24, 2.45) is 0 Å². The molecule has 0 atom stereocenters. The zero-order valence-electron chi connectivity index (χ0n) is 8.04. The first-order chi connectivity index (χ1) is 5.81. The second-order valence-electron chi connectivity index (χ2n) is 3.26. The largest absolute Gasteiger partial charge is 0.442 e. The lowest BCUT2D eigenvalue weighted by Crippen LogP contribution is -2.32. The maximum Gasteiger partial charge on any atom is 0.435 e. The molecule has 0 heterocycles. The summed E-state index contributed by atoms with van der Waals surface area (Å²) >= 11 is 0. The first-order valence-electron chi connectivity index (χ1n) is 3.64. The van der Waals surface area contributed by atoms with Gasteiger partial charge in [-0.2, -0.15) is 5.48 Å². The van der Waals surface area contributed by atoms with Crippen molar-refractivity contribution in [3.05, 3.63) is 0 Å². The van der Waals surface area contributed by atoms with E-state index in [-0.39, 0.29) is 0 Å². The molecule has 1 N–H and O–H groups in total. The van der Waals surface area contributed by atoms with E-state index in [2.05, 4.69) is 9.88 Å². The van der Waals surface area contributed by atoms with Crippen molar-refractivity contribution < 1.29 is 24.2 Å². The number of amides is 1. The average molecular weight is 191 g/mol. The molecule has 1 amide bonds. The highest BCUT2D eigenvalue weighted by Crippen LogP contribution is 2.06. The molecule has 0 aliphatic heterocycles. The van der Waals surface area contributed by atoms with Gasteiger partial charge in [0.15, 0.2) is 0 Å². The molecule has 0 rings (SSSR count). The first kappa shape index (κ1) is 11.7. The summed E-state index contributed by atoms with van der Waals surface area (Å²) in [6, 6.07) is 0. The lowest BCUT2D eigenvalue weighted by Gasteiger charge is -2.18. The zero-order valence-corrected chi connectivity index (χ0v) is 8.04. The SMILES string of the molecule is CC(=O)OONC(=O)OC(C)(C)C. The van der Waals surface area contributed by atoms with Gasteiger partial charge in [-0.3, -0.25) is 4.89 Å². The molecule has 13 heavy (non-hydrogen) atoms. The fourth-order valence-electron chi connectivity index (χ4n) is 0.412. The second kappa shape index (κ2) is 4.66. The van der Waals surface area contributed by atoms with Gasteiger partial charge in [-0.1, -0.05) is 4.99 Å². The summed E-state index contributed by atoms with van der Waals surface area (Å²) in [5.41, 5.74) is 1.14. The summed E-state index contributed by atoms with van der Waals surface area (Å²) in [5.74, 6) is -0.670. The number of ether oxygens (including phenoxy) is 1.